The van der Waals surface area contributed by atoms with Gasteiger partial charge in [-0.05, 0) is 30.3 Å². The van der Waals surface area contributed by atoms with Gasteiger partial charge >= 0.3 is 0 Å². The van der Waals surface area contributed by atoms with Crippen LogP contribution in [0.5, 0.6) is 0 Å². The maximum absolute atomic E-state index is 12.7. The summed E-state index contributed by atoms with van der Waals surface area (Å²) < 4.78 is 2.34. The highest BCUT2D eigenvalue weighted by atomic mass is 35.5. The van der Waals surface area contributed by atoms with E-state index in [1.165, 1.54) is 11.8 Å². The molecule has 0 atom stereocenters. The van der Waals surface area contributed by atoms with Crippen LogP contribution in [0.25, 0.3) is 23.0 Å². The zero-order chi connectivity index (χ0) is 20.4. The van der Waals surface area contributed by atoms with Crippen molar-refractivity contribution in [2.24, 2.45) is 0 Å². The fraction of sp³-hybridized carbons (Fsp3) is 0.0455. The number of hydrogen-bond acceptors (Lipinski definition) is 4. The number of para-hydroxylation sites is 1. The van der Waals surface area contributed by atoms with Gasteiger partial charge in [0.1, 0.15) is 4.32 Å². The van der Waals surface area contributed by atoms with E-state index >= 15 is 0 Å². The van der Waals surface area contributed by atoms with Crippen LogP contribution in [0.4, 0.5) is 0 Å². The normalized spacial score (nSPS) is 15.3. The molecule has 1 aromatic heterocycles. The van der Waals surface area contributed by atoms with Gasteiger partial charge in [0, 0.05) is 28.9 Å². The van der Waals surface area contributed by atoms with Crippen LogP contribution in [-0.2, 0) is 4.79 Å². The summed E-state index contributed by atoms with van der Waals surface area (Å²) in [4.78, 5) is 14.8. The third kappa shape index (κ3) is 4.05. The van der Waals surface area contributed by atoms with E-state index < -0.39 is 0 Å². The summed E-state index contributed by atoms with van der Waals surface area (Å²) in [5.74, 6) is -0.116. The van der Waals surface area contributed by atoms with Crippen molar-refractivity contribution in [2.45, 2.75) is 0 Å². The molecule has 1 saturated heterocycles. The highest BCUT2D eigenvalue weighted by Crippen LogP contribution is 2.35. The summed E-state index contributed by atoms with van der Waals surface area (Å²) >= 11 is 12.7. The quantitative estimate of drug-likeness (QED) is 0.296. The number of thiocarbonyl (C=S) groups is 1. The summed E-state index contributed by atoms with van der Waals surface area (Å²) in [6.07, 6.45) is 5.43. The van der Waals surface area contributed by atoms with Crippen LogP contribution in [0.2, 0.25) is 5.02 Å². The molecule has 0 spiro atoms. The maximum atomic E-state index is 12.7. The zero-order valence-electron chi connectivity index (χ0n) is 15.3. The van der Waals surface area contributed by atoms with Gasteiger partial charge in [0.05, 0.1) is 16.3 Å². The minimum atomic E-state index is -0.116. The predicted octanol–water partition coefficient (Wildman–Crippen LogP) is 5.58. The number of carbonyl (C=O) groups is 1. The van der Waals surface area contributed by atoms with Crippen LogP contribution >= 0.6 is 35.6 Å². The number of hydrogen-bond donors (Lipinski definition) is 0. The molecule has 1 fully saturated rings. The number of rotatable bonds is 5. The van der Waals surface area contributed by atoms with E-state index in [1.807, 2.05) is 66.9 Å². The Morgan fingerprint density at radius 1 is 1.14 bits per heavy atom. The van der Waals surface area contributed by atoms with E-state index in [0.29, 0.717) is 20.8 Å². The third-order valence-electron chi connectivity index (χ3n) is 4.35. The molecule has 2 aromatic carbocycles. The Bertz CT molecular complexity index is 1120. The van der Waals surface area contributed by atoms with Gasteiger partial charge in [-0.25, -0.2) is 4.68 Å². The number of benzene rings is 2. The van der Waals surface area contributed by atoms with Gasteiger partial charge in [-0.2, -0.15) is 5.10 Å². The molecule has 4 nitrogen and oxygen atoms in total. The fourth-order valence-corrected chi connectivity index (χ4v) is 4.36. The van der Waals surface area contributed by atoms with Crippen LogP contribution in [0.15, 0.2) is 78.4 Å². The van der Waals surface area contributed by atoms with E-state index in [1.54, 1.807) is 15.7 Å². The second-order valence-corrected chi connectivity index (χ2v) is 8.41. The number of thioether (sulfide) groups is 1. The molecule has 0 aliphatic carbocycles. The van der Waals surface area contributed by atoms with Gasteiger partial charge in [0.2, 0.25) is 0 Å². The first-order valence-electron chi connectivity index (χ1n) is 8.84. The molecule has 1 aliphatic rings. The second-order valence-electron chi connectivity index (χ2n) is 6.30. The van der Waals surface area contributed by atoms with Crippen molar-refractivity contribution in [3.63, 3.8) is 0 Å². The molecule has 2 heterocycles. The fourth-order valence-electron chi connectivity index (χ4n) is 2.97. The van der Waals surface area contributed by atoms with Crippen molar-refractivity contribution >= 4 is 51.9 Å². The molecule has 4 rings (SSSR count). The molecule has 1 aliphatic heterocycles. The lowest BCUT2D eigenvalue weighted by molar-refractivity contribution is -0.121. The standard InChI is InChI=1S/C22H16ClN3OS2/c1-2-12-25-21(27)19(29-22(25)28)13-16-14-26(18-6-4-3-5-7-18)24-20(16)15-8-10-17(23)11-9-15/h2-11,13-14H,1,12H2/b19-13-. The van der Waals surface area contributed by atoms with Crippen molar-refractivity contribution in [3.05, 3.63) is 88.9 Å². The Morgan fingerprint density at radius 3 is 2.55 bits per heavy atom. The first kappa shape index (κ1) is 19.6. The number of halogens is 1. The monoisotopic (exact) mass is 437 g/mol. The van der Waals surface area contributed by atoms with E-state index in [9.17, 15) is 4.79 Å². The minimum absolute atomic E-state index is 0.116. The second kappa shape index (κ2) is 8.37. The molecule has 0 N–H and O–H groups in total. The zero-order valence-corrected chi connectivity index (χ0v) is 17.7. The molecule has 7 heteroatoms. The molecular formula is C22H16ClN3OS2. The Labute approximate surface area is 183 Å². The first-order valence-corrected chi connectivity index (χ1v) is 10.4. The molecule has 29 heavy (non-hydrogen) atoms. The van der Waals surface area contributed by atoms with Crippen LogP contribution in [0, 0.1) is 0 Å². The Hall–Kier alpha value is -2.67. The topological polar surface area (TPSA) is 38.1 Å². The van der Waals surface area contributed by atoms with Crippen LogP contribution in [0.3, 0.4) is 0 Å². The molecule has 0 bridgehead atoms. The number of aromatic nitrogens is 2. The number of carbonyl (C=O) groups excluding carboxylic acids is 1. The Kier molecular flexibility index (Phi) is 5.67. The Morgan fingerprint density at radius 2 is 1.86 bits per heavy atom. The highest BCUT2D eigenvalue weighted by Gasteiger charge is 2.31. The average molecular weight is 438 g/mol. The van der Waals surface area contributed by atoms with E-state index in [4.69, 9.17) is 28.9 Å². The molecule has 1 amide bonds. The molecule has 0 radical (unpaired) electrons. The van der Waals surface area contributed by atoms with E-state index in [-0.39, 0.29) is 5.91 Å². The van der Waals surface area contributed by atoms with Crippen molar-refractivity contribution < 1.29 is 4.79 Å². The lowest BCUT2D eigenvalue weighted by Crippen LogP contribution is -2.27. The van der Waals surface area contributed by atoms with Gasteiger partial charge in [0.15, 0.2) is 0 Å². The van der Waals surface area contributed by atoms with Gasteiger partial charge < -0.3 is 0 Å². The maximum Gasteiger partial charge on any atom is 0.266 e. The van der Waals surface area contributed by atoms with E-state index in [2.05, 4.69) is 6.58 Å². The van der Waals surface area contributed by atoms with Gasteiger partial charge in [-0.3, -0.25) is 9.69 Å². The predicted molar refractivity (Wildman–Crippen MR) is 124 cm³/mol. The minimum Gasteiger partial charge on any atom is -0.289 e. The molecule has 0 saturated carbocycles. The van der Waals surface area contributed by atoms with Crippen molar-refractivity contribution in [3.8, 4) is 16.9 Å². The van der Waals surface area contributed by atoms with Crippen molar-refractivity contribution in [1.29, 1.82) is 0 Å². The van der Waals surface area contributed by atoms with Crippen molar-refractivity contribution in [2.75, 3.05) is 6.54 Å². The summed E-state index contributed by atoms with van der Waals surface area (Å²) in [5.41, 5.74) is 3.44. The summed E-state index contributed by atoms with van der Waals surface area (Å²) in [6, 6.07) is 17.3. The van der Waals surface area contributed by atoms with Gasteiger partial charge in [-0.15, -0.1) is 6.58 Å². The number of amides is 1. The van der Waals surface area contributed by atoms with E-state index in [0.717, 1.165) is 22.5 Å². The largest absolute Gasteiger partial charge is 0.289 e. The van der Waals surface area contributed by atoms with Gasteiger partial charge in [0.25, 0.3) is 5.91 Å². The number of nitrogens with zero attached hydrogens (tertiary/aromatic N) is 3. The van der Waals surface area contributed by atoms with Crippen LogP contribution < -0.4 is 0 Å². The first-order chi connectivity index (χ1) is 14.1. The van der Waals surface area contributed by atoms with Crippen molar-refractivity contribution in [1.82, 2.24) is 14.7 Å². The summed E-state index contributed by atoms with van der Waals surface area (Å²) in [5, 5.41) is 5.42. The average Bonchev–Trinajstić information content (AvgIpc) is 3.26. The highest BCUT2D eigenvalue weighted by molar-refractivity contribution is 8.26. The van der Waals surface area contributed by atoms with Gasteiger partial charge in [-0.1, -0.05) is 72.0 Å². The Balaban J connectivity index is 1.80. The molecular weight excluding hydrogens is 422 g/mol. The summed E-state index contributed by atoms with van der Waals surface area (Å²) in [6.45, 7) is 4.09. The molecule has 0 unspecified atom stereocenters. The molecule has 144 valence electrons. The van der Waals surface area contributed by atoms with Crippen LogP contribution in [-0.4, -0.2) is 31.5 Å². The SMILES string of the molecule is C=CCN1C(=O)/C(=C/c2cn(-c3ccccc3)nc2-c2ccc(Cl)cc2)SC1=S. The van der Waals surface area contributed by atoms with Crippen LogP contribution in [0.1, 0.15) is 5.56 Å². The third-order valence-corrected chi connectivity index (χ3v) is 5.98. The lowest BCUT2D eigenvalue weighted by Gasteiger charge is -2.10. The molecule has 3 aromatic rings. The smallest absolute Gasteiger partial charge is 0.266 e. The summed E-state index contributed by atoms with van der Waals surface area (Å²) in [7, 11) is 0. The lowest BCUT2D eigenvalue weighted by atomic mass is 10.1.